The summed E-state index contributed by atoms with van der Waals surface area (Å²) in [5, 5.41) is 0. The average molecular weight is 434 g/mol. The van der Waals surface area contributed by atoms with Crippen LogP contribution in [0.3, 0.4) is 0 Å². The first-order valence-electron chi connectivity index (χ1n) is 8.99. The highest BCUT2D eigenvalue weighted by Crippen LogP contribution is 2.23. The number of unbranched alkanes of at least 4 members (excludes halogenated alkanes) is 1. The lowest BCUT2D eigenvalue weighted by Crippen LogP contribution is -2.31. The fourth-order valence-electron chi connectivity index (χ4n) is 3.13. The number of rotatable bonds is 6. The highest BCUT2D eigenvalue weighted by molar-refractivity contribution is 9.10. The van der Waals surface area contributed by atoms with E-state index in [0.29, 0.717) is 24.3 Å². The van der Waals surface area contributed by atoms with Crippen molar-refractivity contribution in [3.05, 3.63) is 54.9 Å². The first-order chi connectivity index (χ1) is 12.8. The first kappa shape index (κ1) is 19.4. The molecule has 8 heteroatoms. The summed E-state index contributed by atoms with van der Waals surface area (Å²) in [5.74, 6) is 0.731. The maximum Gasteiger partial charge on any atom is 0.330 e. The zero-order valence-electron chi connectivity index (χ0n) is 16.0. The zero-order valence-corrected chi connectivity index (χ0v) is 17.6. The molecule has 1 N–H and O–H groups in total. The Kier molecular flexibility index (Phi) is 5.55. The second-order valence-electron chi connectivity index (χ2n) is 6.81. The minimum Gasteiger partial charge on any atom is -0.367 e. The Balaban J connectivity index is 2.03. The minimum atomic E-state index is -0.400. The van der Waals surface area contributed by atoms with Crippen LogP contribution in [-0.2, 0) is 20.1 Å². The van der Waals surface area contributed by atoms with Crippen LogP contribution in [0.25, 0.3) is 11.2 Å². The number of anilines is 1. The topological polar surface area (TPSA) is 75.9 Å². The predicted molar refractivity (Wildman–Crippen MR) is 111 cm³/mol. The maximum absolute atomic E-state index is 12.3. The number of nitrogens with zero attached hydrogens (tertiary/aromatic N) is 4. The fraction of sp³-hybridized carbons (Fsp3) is 0.421. The molecule has 0 aliphatic heterocycles. The van der Waals surface area contributed by atoms with E-state index in [1.165, 1.54) is 0 Å². The Bertz CT molecular complexity index is 1100. The Hall–Kier alpha value is -2.35. The van der Waals surface area contributed by atoms with E-state index in [1.54, 1.807) is 9.13 Å². The monoisotopic (exact) mass is 433 g/mol. The zero-order chi connectivity index (χ0) is 19.7. The van der Waals surface area contributed by atoms with Crippen molar-refractivity contribution in [3.63, 3.8) is 0 Å². The Morgan fingerprint density at radius 3 is 2.70 bits per heavy atom. The third kappa shape index (κ3) is 3.71. The molecule has 27 heavy (non-hydrogen) atoms. The van der Waals surface area contributed by atoms with Gasteiger partial charge < -0.3 is 9.47 Å². The molecule has 144 valence electrons. The van der Waals surface area contributed by atoms with Crippen molar-refractivity contribution in [3.8, 4) is 0 Å². The SMILES string of the molecule is CCCCn1c(=O)[nH]c(=O)c2c1nc(CN(C)c1ccc(Br)c(C)c1)n2C. The number of nitrogens with one attached hydrogen (secondary N) is 1. The minimum absolute atomic E-state index is 0.397. The van der Waals surface area contributed by atoms with E-state index in [4.69, 9.17) is 0 Å². The number of halogens is 1. The summed E-state index contributed by atoms with van der Waals surface area (Å²) < 4.78 is 4.40. The van der Waals surface area contributed by atoms with Gasteiger partial charge in [0.05, 0.1) is 6.54 Å². The molecule has 1 aromatic carbocycles. The number of hydrogen-bond donors (Lipinski definition) is 1. The van der Waals surface area contributed by atoms with Crippen molar-refractivity contribution < 1.29 is 0 Å². The van der Waals surface area contributed by atoms with Gasteiger partial charge in [-0.25, -0.2) is 9.78 Å². The molecule has 0 amide bonds. The second kappa shape index (κ2) is 7.72. The van der Waals surface area contributed by atoms with Gasteiger partial charge in [0.1, 0.15) is 5.82 Å². The lowest BCUT2D eigenvalue weighted by molar-refractivity contribution is 0.613. The normalized spacial score (nSPS) is 11.3. The second-order valence-corrected chi connectivity index (χ2v) is 7.67. The van der Waals surface area contributed by atoms with Crippen LogP contribution in [0, 0.1) is 6.92 Å². The number of imidazole rings is 1. The van der Waals surface area contributed by atoms with E-state index in [2.05, 4.69) is 43.8 Å². The first-order valence-corrected chi connectivity index (χ1v) is 9.78. The van der Waals surface area contributed by atoms with Crippen molar-refractivity contribution >= 4 is 32.8 Å². The van der Waals surface area contributed by atoms with Gasteiger partial charge in [0.25, 0.3) is 5.56 Å². The third-order valence-corrected chi connectivity index (χ3v) is 5.69. The van der Waals surface area contributed by atoms with Crippen molar-refractivity contribution in [2.75, 3.05) is 11.9 Å². The molecule has 0 bridgehead atoms. The largest absolute Gasteiger partial charge is 0.367 e. The number of aryl methyl sites for hydroxylation is 3. The summed E-state index contributed by atoms with van der Waals surface area (Å²) in [6.45, 7) is 5.17. The van der Waals surface area contributed by atoms with Gasteiger partial charge in [-0.1, -0.05) is 29.3 Å². The van der Waals surface area contributed by atoms with Gasteiger partial charge >= 0.3 is 5.69 Å². The molecule has 2 aromatic heterocycles. The van der Waals surface area contributed by atoms with Crippen LogP contribution in [0.15, 0.2) is 32.3 Å². The molecule has 0 aliphatic carbocycles. The molecule has 0 saturated carbocycles. The van der Waals surface area contributed by atoms with Crippen molar-refractivity contribution in [2.45, 2.75) is 39.8 Å². The molecule has 3 rings (SSSR count). The molecule has 3 aromatic rings. The van der Waals surface area contributed by atoms with Gasteiger partial charge in [-0.3, -0.25) is 14.3 Å². The van der Waals surface area contributed by atoms with E-state index in [9.17, 15) is 9.59 Å². The van der Waals surface area contributed by atoms with Crippen LogP contribution < -0.4 is 16.1 Å². The number of H-pyrrole nitrogens is 1. The van der Waals surface area contributed by atoms with E-state index in [1.807, 2.05) is 33.2 Å². The quantitative estimate of drug-likeness (QED) is 0.648. The van der Waals surface area contributed by atoms with Gasteiger partial charge in [-0.15, -0.1) is 0 Å². The lowest BCUT2D eigenvalue weighted by atomic mass is 10.2. The molecular formula is C19H24BrN5O2. The molecule has 0 radical (unpaired) electrons. The predicted octanol–water partition coefficient (Wildman–Crippen LogP) is 2.93. The van der Waals surface area contributed by atoms with Crippen LogP contribution in [0.5, 0.6) is 0 Å². The molecule has 2 heterocycles. The Labute approximate surface area is 165 Å². The van der Waals surface area contributed by atoms with Crippen LogP contribution >= 0.6 is 15.9 Å². The number of hydrogen-bond acceptors (Lipinski definition) is 4. The average Bonchev–Trinajstić information content (AvgIpc) is 2.94. The lowest BCUT2D eigenvalue weighted by Gasteiger charge is -2.19. The summed E-state index contributed by atoms with van der Waals surface area (Å²) in [6, 6.07) is 6.14. The number of fused-ring (bicyclic) bond motifs is 1. The van der Waals surface area contributed by atoms with Gasteiger partial charge in [-0.2, -0.15) is 0 Å². The molecular weight excluding hydrogens is 410 g/mol. The van der Waals surface area contributed by atoms with E-state index in [-0.39, 0.29) is 0 Å². The number of benzene rings is 1. The van der Waals surface area contributed by atoms with Crippen molar-refractivity contribution in [1.82, 2.24) is 19.1 Å². The van der Waals surface area contributed by atoms with Gasteiger partial charge in [0.2, 0.25) is 0 Å². The van der Waals surface area contributed by atoms with Crippen molar-refractivity contribution in [2.24, 2.45) is 7.05 Å². The van der Waals surface area contributed by atoms with Crippen LogP contribution in [-0.4, -0.2) is 26.1 Å². The van der Waals surface area contributed by atoms with E-state index < -0.39 is 11.2 Å². The van der Waals surface area contributed by atoms with E-state index in [0.717, 1.165) is 34.4 Å². The molecule has 0 unspecified atom stereocenters. The van der Waals surface area contributed by atoms with Crippen LogP contribution in [0.1, 0.15) is 31.2 Å². The third-order valence-electron chi connectivity index (χ3n) is 4.80. The van der Waals surface area contributed by atoms with Crippen LogP contribution in [0.4, 0.5) is 5.69 Å². The molecule has 7 nitrogen and oxygen atoms in total. The number of aromatic nitrogens is 4. The summed E-state index contributed by atoms with van der Waals surface area (Å²) in [7, 11) is 3.80. The van der Waals surface area contributed by atoms with E-state index >= 15 is 0 Å². The highest BCUT2D eigenvalue weighted by atomic mass is 79.9. The molecule has 0 atom stereocenters. The summed E-state index contributed by atoms with van der Waals surface area (Å²) >= 11 is 3.52. The molecule has 0 spiro atoms. The van der Waals surface area contributed by atoms with Crippen molar-refractivity contribution in [1.29, 1.82) is 0 Å². The molecule has 0 fully saturated rings. The number of aromatic amines is 1. The van der Waals surface area contributed by atoms with Gasteiger partial charge in [-0.05, 0) is 37.1 Å². The summed E-state index contributed by atoms with van der Waals surface area (Å²) in [4.78, 5) is 33.7. The Morgan fingerprint density at radius 1 is 1.30 bits per heavy atom. The van der Waals surface area contributed by atoms with Gasteiger partial charge in [0, 0.05) is 30.8 Å². The van der Waals surface area contributed by atoms with Crippen LogP contribution in [0.2, 0.25) is 0 Å². The standard InChI is InChI=1S/C19H24BrN5O2/c1-5-6-9-25-17-16(18(26)22-19(25)27)24(4)15(21-17)11-23(3)13-7-8-14(20)12(2)10-13/h7-8,10H,5-6,9,11H2,1-4H3,(H,22,26,27). The smallest absolute Gasteiger partial charge is 0.330 e. The van der Waals surface area contributed by atoms with Gasteiger partial charge in [0.15, 0.2) is 11.2 Å². The fourth-order valence-corrected chi connectivity index (χ4v) is 3.37. The Morgan fingerprint density at radius 2 is 2.04 bits per heavy atom. The molecule has 0 saturated heterocycles. The summed E-state index contributed by atoms with van der Waals surface area (Å²) in [5.41, 5.74) is 2.29. The summed E-state index contributed by atoms with van der Waals surface area (Å²) in [6.07, 6.45) is 1.81. The maximum atomic E-state index is 12.3. The highest BCUT2D eigenvalue weighted by Gasteiger charge is 2.17. The molecule has 0 aliphatic rings.